The first-order chi connectivity index (χ1) is 12.3. The summed E-state index contributed by atoms with van der Waals surface area (Å²) in [5, 5.41) is 2.00. The molecule has 1 aromatic carbocycles. The van der Waals surface area contributed by atoms with Crippen LogP contribution in [-0.2, 0) is 19.9 Å². The van der Waals surface area contributed by atoms with Crippen molar-refractivity contribution in [3.63, 3.8) is 0 Å². The van der Waals surface area contributed by atoms with Crippen molar-refractivity contribution in [2.75, 3.05) is 25.9 Å². The van der Waals surface area contributed by atoms with E-state index >= 15 is 0 Å². The quantitative estimate of drug-likeness (QED) is 0.751. The van der Waals surface area contributed by atoms with Gasteiger partial charge < -0.3 is 0 Å². The van der Waals surface area contributed by atoms with Crippen LogP contribution in [0.5, 0.6) is 0 Å². The van der Waals surface area contributed by atoms with Crippen molar-refractivity contribution in [2.24, 2.45) is 0 Å². The number of rotatable bonds is 7. The Hall–Kier alpha value is -1.26. The summed E-state index contributed by atoms with van der Waals surface area (Å²) in [5.41, 5.74) is 0. The predicted octanol–water partition coefficient (Wildman–Crippen LogP) is 2.27. The lowest BCUT2D eigenvalue weighted by Crippen LogP contribution is -2.36. The SMILES string of the molecule is CS(=O)(=O)c1ccc(S(=O)(=O)NCC(c2cccs2)N2CCCC2)cc1. The van der Waals surface area contributed by atoms with Gasteiger partial charge in [0.2, 0.25) is 10.0 Å². The number of nitrogens with one attached hydrogen (secondary N) is 1. The van der Waals surface area contributed by atoms with Crippen LogP contribution in [0.1, 0.15) is 23.8 Å². The van der Waals surface area contributed by atoms with Gasteiger partial charge in [-0.1, -0.05) is 6.07 Å². The summed E-state index contributed by atoms with van der Waals surface area (Å²) in [6.07, 6.45) is 3.35. The molecule has 1 fully saturated rings. The second-order valence-electron chi connectivity index (χ2n) is 6.37. The van der Waals surface area contributed by atoms with Crippen LogP contribution in [0.15, 0.2) is 51.6 Å². The fourth-order valence-corrected chi connectivity index (χ4v) is 5.61. The Kier molecular flexibility index (Phi) is 5.83. The van der Waals surface area contributed by atoms with Gasteiger partial charge in [-0.2, -0.15) is 0 Å². The smallest absolute Gasteiger partial charge is 0.240 e. The molecule has 0 spiro atoms. The molecule has 1 aliphatic heterocycles. The van der Waals surface area contributed by atoms with E-state index in [2.05, 4.69) is 9.62 Å². The van der Waals surface area contributed by atoms with Gasteiger partial charge >= 0.3 is 0 Å². The van der Waals surface area contributed by atoms with Gasteiger partial charge in [0.25, 0.3) is 0 Å². The van der Waals surface area contributed by atoms with Crippen molar-refractivity contribution >= 4 is 31.2 Å². The maximum atomic E-state index is 12.6. The molecule has 3 rings (SSSR count). The number of hydrogen-bond acceptors (Lipinski definition) is 6. The molecule has 142 valence electrons. The van der Waals surface area contributed by atoms with Crippen LogP contribution in [0.25, 0.3) is 0 Å². The molecule has 2 heterocycles. The van der Waals surface area contributed by atoms with Gasteiger partial charge in [-0.3, -0.25) is 4.90 Å². The fourth-order valence-electron chi connectivity index (χ4n) is 3.08. The summed E-state index contributed by atoms with van der Waals surface area (Å²) in [6, 6.07) is 9.32. The average Bonchev–Trinajstić information content (AvgIpc) is 3.28. The van der Waals surface area contributed by atoms with E-state index in [1.807, 2.05) is 17.5 Å². The van der Waals surface area contributed by atoms with Crippen molar-refractivity contribution in [1.29, 1.82) is 0 Å². The molecule has 1 atom stereocenters. The van der Waals surface area contributed by atoms with E-state index in [1.165, 1.54) is 24.3 Å². The molecular formula is C17H22N2O4S3. The fraction of sp³-hybridized carbons (Fsp3) is 0.412. The van der Waals surface area contributed by atoms with Crippen LogP contribution in [0.2, 0.25) is 0 Å². The monoisotopic (exact) mass is 414 g/mol. The van der Waals surface area contributed by atoms with Gasteiger partial charge in [0.1, 0.15) is 0 Å². The molecule has 26 heavy (non-hydrogen) atoms. The minimum atomic E-state index is -3.71. The Morgan fingerprint density at radius 3 is 2.19 bits per heavy atom. The molecular weight excluding hydrogens is 392 g/mol. The molecule has 0 radical (unpaired) electrons. The number of sulfonamides is 1. The van der Waals surface area contributed by atoms with E-state index < -0.39 is 19.9 Å². The Balaban J connectivity index is 1.75. The molecule has 0 aliphatic carbocycles. The first-order valence-corrected chi connectivity index (χ1v) is 12.6. The summed E-state index contributed by atoms with van der Waals surface area (Å²) in [6.45, 7) is 2.22. The van der Waals surface area contributed by atoms with Gasteiger partial charge in [-0.05, 0) is 61.6 Å². The first-order valence-electron chi connectivity index (χ1n) is 8.34. The molecule has 9 heteroatoms. The average molecular weight is 415 g/mol. The highest BCUT2D eigenvalue weighted by atomic mass is 32.2. The van der Waals surface area contributed by atoms with Gasteiger partial charge in [0, 0.05) is 17.7 Å². The maximum absolute atomic E-state index is 12.6. The van der Waals surface area contributed by atoms with E-state index in [9.17, 15) is 16.8 Å². The molecule has 1 aromatic heterocycles. The summed E-state index contributed by atoms with van der Waals surface area (Å²) in [5.74, 6) is 0. The zero-order valence-electron chi connectivity index (χ0n) is 14.5. The number of benzene rings is 1. The molecule has 0 bridgehead atoms. The predicted molar refractivity (Wildman–Crippen MR) is 103 cm³/mol. The van der Waals surface area contributed by atoms with Crippen molar-refractivity contribution in [2.45, 2.75) is 28.7 Å². The highest BCUT2D eigenvalue weighted by Crippen LogP contribution is 2.28. The van der Waals surface area contributed by atoms with Crippen molar-refractivity contribution in [3.8, 4) is 0 Å². The number of likely N-dealkylation sites (tertiary alicyclic amines) is 1. The molecule has 0 saturated carbocycles. The van der Waals surface area contributed by atoms with Gasteiger partial charge in [0.05, 0.1) is 15.8 Å². The lowest BCUT2D eigenvalue weighted by molar-refractivity contribution is 0.250. The van der Waals surface area contributed by atoms with E-state index in [4.69, 9.17) is 0 Å². The van der Waals surface area contributed by atoms with Crippen LogP contribution in [0.3, 0.4) is 0 Å². The van der Waals surface area contributed by atoms with Crippen LogP contribution >= 0.6 is 11.3 Å². The molecule has 1 aliphatic rings. The second kappa shape index (κ2) is 7.77. The molecule has 1 unspecified atom stereocenters. The minimum absolute atomic E-state index is 0.0163. The van der Waals surface area contributed by atoms with E-state index in [-0.39, 0.29) is 22.4 Å². The van der Waals surface area contributed by atoms with Crippen LogP contribution in [-0.4, -0.2) is 47.6 Å². The lowest BCUT2D eigenvalue weighted by Gasteiger charge is -2.26. The van der Waals surface area contributed by atoms with E-state index in [0.29, 0.717) is 0 Å². The Morgan fingerprint density at radius 2 is 1.65 bits per heavy atom. The number of sulfone groups is 1. The third-order valence-corrected chi connectivity index (χ3v) is 8.02. The highest BCUT2D eigenvalue weighted by Gasteiger charge is 2.26. The maximum Gasteiger partial charge on any atom is 0.240 e. The van der Waals surface area contributed by atoms with Gasteiger partial charge in [0.15, 0.2) is 9.84 Å². The normalized spacial score (nSPS) is 17.4. The number of hydrogen-bond donors (Lipinski definition) is 1. The third kappa shape index (κ3) is 4.52. The molecule has 6 nitrogen and oxygen atoms in total. The number of nitrogens with zero attached hydrogens (tertiary/aromatic N) is 1. The summed E-state index contributed by atoms with van der Waals surface area (Å²) < 4.78 is 50.9. The van der Waals surface area contributed by atoms with Crippen LogP contribution < -0.4 is 4.72 Å². The lowest BCUT2D eigenvalue weighted by atomic mass is 10.2. The summed E-state index contributed by atoms with van der Waals surface area (Å²) >= 11 is 1.63. The van der Waals surface area contributed by atoms with Crippen molar-refractivity contribution in [1.82, 2.24) is 9.62 Å². The minimum Gasteiger partial charge on any atom is -0.294 e. The molecule has 1 N–H and O–H groups in total. The van der Waals surface area contributed by atoms with Gasteiger partial charge in [-0.25, -0.2) is 21.6 Å². The molecule has 1 saturated heterocycles. The Bertz CT molecular complexity index is 930. The van der Waals surface area contributed by atoms with Crippen LogP contribution in [0.4, 0.5) is 0 Å². The first kappa shape index (κ1) is 19.5. The zero-order chi connectivity index (χ0) is 18.8. The highest BCUT2D eigenvalue weighted by molar-refractivity contribution is 7.90. The topological polar surface area (TPSA) is 83.5 Å². The molecule has 0 amide bonds. The van der Waals surface area contributed by atoms with Crippen molar-refractivity contribution < 1.29 is 16.8 Å². The van der Waals surface area contributed by atoms with Crippen LogP contribution in [0, 0.1) is 0 Å². The third-order valence-electron chi connectivity index (χ3n) is 4.48. The zero-order valence-corrected chi connectivity index (χ0v) is 16.9. The number of thiophene rings is 1. The van der Waals surface area contributed by atoms with E-state index in [1.54, 1.807) is 11.3 Å². The van der Waals surface area contributed by atoms with Gasteiger partial charge in [-0.15, -0.1) is 11.3 Å². The van der Waals surface area contributed by atoms with E-state index in [0.717, 1.165) is 37.1 Å². The molecule has 2 aromatic rings. The standard InChI is InChI=1S/C17H22N2O4S3/c1-25(20,21)14-6-8-15(9-7-14)26(22,23)18-13-16(17-5-4-12-24-17)19-10-2-3-11-19/h4-9,12,16,18H,2-3,10-11,13H2,1H3. The Labute approximate surface area is 158 Å². The van der Waals surface area contributed by atoms with Crippen molar-refractivity contribution in [3.05, 3.63) is 46.7 Å². The Morgan fingerprint density at radius 1 is 1.04 bits per heavy atom. The summed E-state index contributed by atoms with van der Waals surface area (Å²) in [4.78, 5) is 3.62. The summed E-state index contributed by atoms with van der Waals surface area (Å²) in [7, 11) is -7.06. The second-order valence-corrected chi connectivity index (χ2v) is 11.1. The largest absolute Gasteiger partial charge is 0.294 e.